The van der Waals surface area contributed by atoms with Crippen molar-refractivity contribution in [1.29, 1.82) is 0 Å². The maximum Gasteiger partial charge on any atom is 0.320 e. The third-order valence-electron chi connectivity index (χ3n) is 5.52. The number of carbonyl (C=O) groups excluding carboxylic acids is 2. The third-order valence-corrected chi connectivity index (χ3v) is 5.52. The molecule has 0 radical (unpaired) electrons. The third kappa shape index (κ3) is 2.09. The predicted molar refractivity (Wildman–Crippen MR) is 80.7 cm³/mol. The van der Waals surface area contributed by atoms with Gasteiger partial charge in [0.25, 0.3) is 0 Å². The van der Waals surface area contributed by atoms with Gasteiger partial charge in [-0.05, 0) is 30.2 Å². The Balaban J connectivity index is 1.82. The van der Waals surface area contributed by atoms with Crippen molar-refractivity contribution in [3.05, 3.63) is 35.9 Å². The highest BCUT2D eigenvalue weighted by atomic mass is 16.5. The maximum atomic E-state index is 12.8. The van der Waals surface area contributed by atoms with Gasteiger partial charge in [-0.3, -0.25) is 9.59 Å². The van der Waals surface area contributed by atoms with Crippen LogP contribution >= 0.6 is 0 Å². The maximum absolute atomic E-state index is 12.8. The summed E-state index contributed by atoms with van der Waals surface area (Å²) in [4.78, 5) is 25.5. The largest absolute Gasteiger partial charge is 0.460 e. The van der Waals surface area contributed by atoms with Crippen LogP contribution in [-0.2, 0) is 20.9 Å². The van der Waals surface area contributed by atoms with E-state index in [1.807, 2.05) is 44.2 Å². The van der Waals surface area contributed by atoms with Crippen LogP contribution in [0.5, 0.6) is 0 Å². The summed E-state index contributed by atoms with van der Waals surface area (Å²) in [6.07, 6.45) is 0.439. The zero-order valence-corrected chi connectivity index (χ0v) is 13.0. The van der Waals surface area contributed by atoms with Gasteiger partial charge in [-0.15, -0.1) is 0 Å². The summed E-state index contributed by atoms with van der Waals surface area (Å²) in [6, 6.07) is 9.46. The zero-order chi connectivity index (χ0) is 15.9. The van der Waals surface area contributed by atoms with Crippen LogP contribution in [0.1, 0.15) is 32.3 Å². The van der Waals surface area contributed by atoms with E-state index in [4.69, 9.17) is 4.74 Å². The Morgan fingerprint density at radius 2 is 1.86 bits per heavy atom. The fourth-order valence-electron chi connectivity index (χ4n) is 4.34. The molecular weight excluding hydrogens is 280 g/mol. The first kappa shape index (κ1) is 15.2. The van der Waals surface area contributed by atoms with Gasteiger partial charge in [0.2, 0.25) is 0 Å². The molecular formula is C18H22O4. The molecule has 118 valence electrons. The highest BCUT2D eigenvalue weighted by Crippen LogP contribution is 2.55. The van der Waals surface area contributed by atoms with E-state index in [-0.39, 0.29) is 24.2 Å². The average molecular weight is 302 g/mol. The lowest BCUT2D eigenvalue weighted by Gasteiger charge is -2.39. The van der Waals surface area contributed by atoms with Crippen LogP contribution in [0.3, 0.4) is 0 Å². The molecule has 1 N–H and O–H groups in total. The summed E-state index contributed by atoms with van der Waals surface area (Å²) in [5.41, 5.74) is -0.163. The van der Waals surface area contributed by atoms with Crippen molar-refractivity contribution in [2.45, 2.75) is 39.4 Å². The van der Waals surface area contributed by atoms with Crippen molar-refractivity contribution in [2.24, 2.45) is 23.2 Å². The summed E-state index contributed by atoms with van der Waals surface area (Å²) in [5.74, 6) is -1.22. The van der Waals surface area contributed by atoms with E-state index in [1.165, 1.54) is 0 Å². The Labute approximate surface area is 130 Å². The molecule has 5 atom stereocenters. The molecule has 2 saturated carbocycles. The van der Waals surface area contributed by atoms with Crippen molar-refractivity contribution in [3.8, 4) is 0 Å². The highest BCUT2D eigenvalue weighted by Gasteiger charge is 2.66. The smallest absolute Gasteiger partial charge is 0.320 e. The molecule has 2 bridgehead atoms. The number of rotatable bonds is 3. The molecule has 2 aliphatic rings. The van der Waals surface area contributed by atoms with Gasteiger partial charge >= 0.3 is 5.97 Å². The van der Waals surface area contributed by atoms with Gasteiger partial charge in [0.1, 0.15) is 12.0 Å². The fraction of sp³-hybridized carbons (Fsp3) is 0.556. The number of hydrogen-bond acceptors (Lipinski definition) is 4. The minimum absolute atomic E-state index is 0.0829. The molecule has 4 nitrogen and oxygen atoms in total. The van der Waals surface area contributed by atoms with Crippen LogP contribution in [0.2, 0.25) is 0 Å². The number of aliphatic hydroxyl groups excluding tert-OH is 1. The van der Waals surface area contributed by atoms with Gasteiger partial charge in [-0.1, -0.05) is 44.2 Å². The number of ether oxygens (including phenoxy) is 1. The van der Waals surface area contributed by atoms with E-state index in [2.05, 4.69) is 0 Å². The highest BCUT2D eigenvalue weighted by molar-refractivity contribution is 6.08. The van der Waals surface area contributed by atoms with Gasteiger partial charge in [-0.25, -0.2) is 0 Å². The number of aliphatic hydroxyl groups is 1. The minimum Gasteiger partial charge on any atom is -0.460 e. The van der Waals surface area contributed by atoms with Crippen LogP contribution in [0.4, 0.5) is 0 Å². The first-order valence-corrected chi connectivity index (χ1v) is 7.91. The Morgan fingerprint density at radius 3 is 2.55 bits per heavy atom. The standard InChI is InChI=1S/C18H22O4/c1-11-8-14-15(19)9-12(2)18(11,16(14)20)17(21)22-10-13-6-4-3-5-7-13/h3-7,11-12,14-15,19H,8-10H2,1-2H3/t11-,12-,14+,15-,18+/m1/s1. The molecule has 2 fully saturated rings. The number of carbonyl (C=O) groups is 2. The first-order chi connectivity index (χ1) is 10.5. The lowest BCUT2D eigenvalue weighted by molar-refractivity contribution is -0.171. The fourth-order valence-corrected chi connectivity index (χ4v) is 4.34. The van der Waals surface area contributed by atoms with E-state index in [0.29, 0.717) is 12.8 Å². The summed E-state index contributed by atoms with van der Waals surface area (Å²) < 4.78 is 5.49. The lowest BCUT2D eigenvalue weighted by atomic mass is 9.63. The number of fused-ring (bicyclic) bond motifs is 2. The number of hydrogen-bond donors (Lipinski definition) is 1. The molecule has 3 rings (SSSR count). The van der Waals surface area contributed by atoms with Crippen LogP contribution in [0, 0.1) is 23.2 Å². The van der Waals surface area contributed by atoms with Gasteiger partial charge in [-0.2, -0.15) is 0 Å². The second-order valence-corrected chi connectivity index (χ2v) is 6.74. The minimum atomic E-state index is -1.07. The molecule has 0 heterocycles. The number of benzene rings is 1. The molecule has 1 aromatic rings. The molecule has 4 heteroatoms. The van der Waals surface area contributed by atoms with Crippen LogP contribution in [-0.4, -0.2) is 23.0 Å². The molecule has 0 aliphatic heterocycles. The van der Waals surface area contributed by atoms with Gasteiger partial charge in [0, 0.05) is 5.92 Å². The Morgan fingerprint density at radius 1 is 1.23 bits per heavy atom. The van der Waals surface area contributed by atoms with Crippen molar-refractivity contribution < 1.29 is 19.4 Å². The van der Waals surface area contributed by atoms with Crippen LogP contribution in [0.15, 0.2) is 30.3 Å². The zero-order valence-electron chi connectivity index (χ0n) is 13.0. The van der Waals surface area contributed by atoms with Gasteiger partial charge < -0.3 is 9.84 Å². The lowest BCUT2D eigenvalue weighted by Crippen LogP contribution is -2.52. The SMILES string of the molecule is C[C@@H]1C[C@@H](O)[C@@H]2C[C@@H](C)[C@@]1(C(=O)OCc1ccccc1)C2=O. The van der Waals surface area contributed by atoms with Crippen molar-refractivity contribution in [2.75, 3.05) is 0 Å². The Bertz CT molecular complexity index is 582. The summed E-state index contributed by atoms with van der Waals surface area (Å²) in [7, 11) is 0. The second-order valence-electron chi connectivity index (χ2n) is 6.74. The van der Waals surface area contributed by atoms with E-state index in [9.17, 15) is 14.7 Å². The average Bonchev–Trinajstić information content (AvgIpc) is 2.72. The summed E-state index contributed by atoms with van der Waals surface area (Å²) >= 11 is 0. The summed E-state index contributed by atoms with van der Waals surface area (Å²) in [5, 5.41) is 10.1. The quantitative estimate of drug-likeness (QED) is 0.687. The Hall–Kier alpha value is -1.68. The second kappa shape index (κ2) is 5.51. The number of Topliss-reactive ketones (excluding diaryl/α,β-unsaturated/α-hetero) is 1. The molecule has 0 aromatic heterocycles. The van der Waals surface area contributed by atoms with E-state index in [1.54, 1.807) is 0 Å². The van der Waals surface area contributed by atoms with Gasteiger partial charge in [0.05, 0.1) is 6.10 Å². The molecule has 0 spiro atoms. The molecule has 22 heavy (non-hydrogen) atoms. The monoisotopic (exact) mass is 302 g/mol. The normalized spacial score (nSPS) is 37.1. The van der Waals surface area contributed by atoms with E-state index < -0.39 is 23.4 Å². The molecule has 0 unspecified atom stereocenters. The number of ketones is 1. The van der Waals surface area contributed by atoms with E-state index >= 15 is 0 Å². The molecule has 0 saturated heterocycles. The van der Waals surface area contributed by atoms with Crippen LogP contribution < -0.4 is 0 Å². The Kier molecular flexibility index (Phi) is 3.81. The molecule has 0 amide bonds. The van der Waals surface area contributed by atoms with Crippen molar-refractivity contribution in [1.82, 2.24) is 0 Å². The predicted octanol–water partition coefficient (Wildman–Crippen LogP) is 2.34. The molecule has 1 aromatic carbocycles. The van der Waals surface area contributed by atoms with Gasteiger partial charge in [0.15, 0.2) is 5.78 Å². The summed E-state index contributed by atoms with van der Waals surface area (Å²) in [6.45, 7) is 3.99. The van der Waals surface area contributed by atoms with Crippen LogP contribution in [0.25, 0.3) is 0 Å². The topological polar surface area (TPSA) is 63.6 Å². The number of esters is 1. The van der Waals surface area contributed by atoms with E-state index in [0.717, 1.165) is 5.56 Å². The first-order valence-electron chi connectivity index (χ1n) is 7.91. The van der Waals surface area contributed by atoms with Crippen molar-refractivity contribution >= 4 is 11.8 Å². The molecule has 2 aliphatic carbocycles. The van der Waals surface area contributed by atoms with Crippen molar-refractivity contribution in [3.63, 3.8) is 0 Å².